The zero-order valence-electron chi connectivity index (χ0n) is 10.2. The molecule has 2 nitrogen and oxygen atoms in total. The molecule has 0 radical (unpaired) electrons. The highest BCUT2D eigenvalue weighted by Gasteiger charge is 2.34. The van der Waals surface area contributed by atoms with E-state index in [0.717, 1.165) is 18.2 Å². The molecule has 0 aliphatic heterocycles. The third kappa shape index (κ3) is 2.75. The normalized spacial score (nSPS) is 13.2. The molecule has 0 saturated heterocycles. The fraction of sp³-hybridized carbons (Fsp3) is 0.143. The Morgan fingerprint density at radius 1 is 1.00 bits per heavy atom. The monoisotopic (exact) mass is 285 g/mol. The third-order valence-corrected chi connectivity index (χ3v) is 2.93. The molecule has 0 amide bonds. The molecule has 2 aromatic carbocycles. The van der Waals surface area contributed by atoms with E-state index in [0.29, 0.717) is 0 Å². The Labute approximate surface area is 112 Å². The van der Waals surface area contributed by atoms with Crippen molar-refractivity contribution >= 4 is 5.69 Å². The van der Waals surface area contributed by atoms with E-state index in [9.17, 15) is 22.7 Å². The zero-order valence-corrected chi connectivity index (χ0v) is 10.2. The first-order valence-electron chi connectivity index (χ1n) is 5.70. The first-order chi connectivity index (χ1) is 9.30. The number of aliphatic hydroxyl groups excluding tert-OH is 1. The number of hydrogen-bond acceptors (Lipinski definition) is 2. The van der Waals surface area contributed by atoms with Crippen LogP contribution in [0.1, 0.15) is 22.8 Å². The van der Waals surface area contributed by atoms with Crippen molar-refractivity contribution in [2.45, 2.75) is 12.3 Å². The molecule has 1 unspecified atom stereocenters. The van der Waals surface area contributed by atoms with Gasteiger partial charge in [0.2, 0.25) is 0 Å². The molecule has 0 fully saturated rings. The number of nitrogen functional groups attached to an aromatic ring is 1. The molecule has 2 rings (SSSR count). The van der Waals surface area contributed by atoms with Gasteiger partial charge in [0.25, 0.3) is 0 Å². The van der Waals surface area contributed by atoms with Crippen molar-refractivity contribution < 1.29 is 22.7 Å². The molecule has 0 aliphatic rings. The minimum absolute atomic E-state index is 0.0635. The number of aliphatic hydroxyl groups is 1. The van der Waals surface area contributed by atoms with Crippen molar-refractivity contribution in [1.82, 2.24) is 0 Å². The summed E-state index contributed by atoms with van der Waals surface area (Å²) in [4.78, 5) is 0. The van der Waals surface area contributed by atoms with E-state index in [1.54, 1.807) is 0 Å². The molecule has 0 saturated carbocycles. The number of para-hydroxylation sites is 1. The summed E-state index contributed by atoms with van der Waals surface area (Å²) >= 11 is 0. The topological polar surface area (TPSA) is 46.2 Å². The van der Waals surface area contributed by atoms with Crippen LogP contribution in [0.15, 0.2) is 42.5 Å². The lowest BCUT2D eigenvalue weighted by molar-refractivity contribution is -0.137. The van der Waals surface area contributed by atoms with Crippen molar-refractivity contribution in [1.29, 1.82) is 0 Å². The predicted octanol–water partition coefficient (Wildman–Crippen LogP) is 3.51. The summed E-state index contributed by atoms with van der Waals surface area (Å²) in [6.07, 6.45) is -5.94. The summed E-state index contributed by atoms with van der Waals surface area (Å²) in [5.74, 6) is -0.502. The Morgan fingerprint density at radius 2 is 1.60 bits per heavy atom. The first kappa shape index (κ1) is 14.3. The number of rotatable bonds is 2. The van der Waals surface area contributed by atoms with Crippen molar-refractivity contribution in [3.05, 3.63) is 65.0 Å². The van der Waals surface area contributed by atoms with Crippen LogP contribution in [0.5, 0.6) is 0 Å². The van der Waals surface area contributed by atoms with Gasteiger partial charge in [0.1, 0.15) is 11.9 Å². The lowest BCUT2D eigenvalue weighted by atomic mass is 9.97. The molecule has 0 heterocycles. The van der Waals surface area contributed by atoms with Crippen molar-refractivity contribution in [3.8, 4) is 0 Å². The molecule has 6 heteroatoms. The van der Waals surface area contributed by atoms with Gasteiger partial charge >= 0.3 is 6.18 Å². The van der Waals surface area contributed by atoms with Crippen LogP contribution in [0.3, 0.4) is 0 Å². The maximum Gasteiger partial charge on any atom is 0.418 e. The third-order valence-electron chi connectivity index (χ3n) is 2.93. The Morgan fingerprint density at radius 3 is 2.15 bits per heavy atom. The van der Waals surface area contributed by atoms with E-state index in [4.69, 9.17) is 5.73 Å². The largest absolute Gasteiger partial charge is 0.418 e. The Bertz CT molecular complexity index is 608. The molecule has 106 valence electrons. The molecule has 0 aliphatic carbocycles. The van der Waals surface area contributed by atoms with Crippen molar-refractivity contribution in [2.75, 3.05) is 5.73 Å². The second-order valence-electron chi connectivity index (χ2n) is 4.26. The van der Waals surface area contributed by atoms with Gasteiger partial charge in [-0.15, -0.1) is 0 Å². The van der Waals surface area contributed by atoms with E-state index in [-0.39, 0.29) is 11.1 Å². The average molecular weight is 285 g/mol. The van der Waals surface area contributed by atoms with Crippen LogP contribution < -0.4 is 5.73 Å². The summed E-state index contributed by atoms with van der Waals surface area (Å²) in [7, 11) is 0. The van der Waals surface area contributed by atoms with Gasteiger partial charge in [-0.1, -0.05) is 24.3 Å². The maximum absolute atomic E-state index is 12.8. The van der Waals surface area contributed by atoms with Gasteiger partial charge in [-0.05, 0) is 23.8 Å². The minimum Gasteiger partial charge on any atom is -0.398 e. The van der Waals surface area contributed by atoms with E-state index in [1.165, 1.54) is 24.3 Å². The highest BCUT2D eigenvalue weighted by atomic mass is 19.4. The molecule has 0 aromatic heterocycles. The lowest BCUT2D eigenvalue weighted by Gasteiger charge is -2.17. The molecule has 1 atom stereocenters. The van der Waals surface area contributed by atoms with E-state index >= 15 is 0 Å². The zero-order chi connectivity index (χ0) is 14.9. The van der Waals surface area contributed by atoms with Gasteiger partial charge in [-0.3, -0.25) is 0 Å². The van der Waals surface area contributed by atoms with E-state index < -0.39 is 29.3 Å². The second-order valence-corrected chi connectivity index (χ2v) is 4.26. The van der Waals surface area contributed by atoms with Crippen LogP contribution in [0.4, 0.5) is 23.2 Å². The summed E-state index contributed by atoms with van der Waals surface area (Å²) in [6, 6.07) is 8.13. The number of nitrogens with two attached hydrogens (primary N) is 1. The number of anilines is 1. The molecule has 2 aromatic rings. The van der Waals surface area contributed by atoms with Crippen LogP contribution in [-0.2, 0) is 6.18 Å². The SMILES string of the molecule is Nc1c(C(O)c2ccc(F)cc2)cccc1C(F)(F)F. The highest BCUT2D eigenvalue weighted by molar-refractivity contribution is 5.57. The van der Waals surface area contributed by atoms with Gasteiger partial charge in [0.05, 0.1) is 5.56 Å². The maximum atomic E-state index is 12.8. The van der Waals surface area contributed by atoms with E-state index in [1.807, 2.05) is 0 Å². The van der Waals surface area contributed by atoms with Gasteiger partial charge in [-0.25, -0.2) is 4.39 Å². The molecule has 0 bridgehead atoms. The Kier molecular flexibility index (Phi) is 3.67. The Hall–Kier alpha value is -2.08. The Balaban J connectivity index is 2.45. The smallest absolute Gasteiger partial charge is 0.398 e. The summed E-state index contributed by atoms with van der Waals surface area (Å²) in [6.45, 7) is 0. The standard InChI is InChI=1S/C14H11F4NO/c15-9-6-4-8(5-7-9)13(20)10-2-1-3-11(12(10)19)14(16,17)18/h1-7,13,20H,19H2. The van der Waals surface area contributed by atoms with Gasteiger partial charge in [0.15, 0.2) is 0 Å². The number of benzene rings is 2. The molecule has 20 heavy (non-hydrogen) atoms. The molecular formula is C14H11F4NO. The van der Waals surface area contributed by atoms with Gasteiger partial charge in [-0.2, -0.15) is 13.2 Å². The molecule has 3 N–H and O–H groups in total. The van der Waals surface area contributed by atoms with Gasteiger partial charge in [0, 0.05) is 11.3 Å². The highest BCUT2D eigenvalue weighted by Crippen LogP contribution is 2.37. The first-order valence-corrected chi connectivity index (χ1v) is 5.70. The van der Waals surface area contributed by atoms with Crippen LogP contribution in [-0.4, -0.2) is 5.11 Å². The van der Waals surface area contributed by atoms with Crippen LogP contribution >= 0.6 is 0 Å². The van der Waals surface area contributed by atoms with Crippen LogP contribution in [0.25, 0.3) is 0 Å². The van der Waals surface area contributed by atoms with E-state index in [2.05, 4.69) is 0 Å². The number of halogens is 4. The number of hydrogen-bond donors (Lipinski definition) is 2. The van der Waals surface area contributed by atoms with Crippen molar-refractivity contribution in [2.24, 2.45) is 0 Å². The quantitative estimate of drug-likeness (QED) is 0.655. The van der Waals surface area contributed by atoms with Crippen molar-refractivity contribution in [3.63, 3.8) is 0 Å². The lowest BCUT2D eigenvalue weighted by Crippen LogP contribution is -2.12. The predicted molar refractivity (Wildman–Crippen MR) is 66.3 cm³/mol. The fourth-order valence-corrected chi connectivity index (χ4v) is 1.89. The van der Waals surface area contributed by atoms with Gasteiger partial charge < -0.3 is 10.8 Å². The molecular weight excluding hydrogens is 274 g/mol. The van der Waals surface area contributed by atoms with Crippen LogP contribution in [0, 0.1) is 5.82 Å². The second kappa shape index (κ2) is 5.13. The average Bonchev–Trinajstić information content (AvgIpc) is 2.37. The summed E-state index contributed by atoms with van der Waals surface area (Å²) < 4.78 is 51.0. The fourth-order valence-electron chi connectivity index (χ4n) is 1.89. The van der Waals surface area contributed by atoms with Crippen LogP contribution in [0.2, 0.25) is 0 Å². The molecule has 0 spiro atoms. The number of alkyl halides is 3. The summed E-state index contributed by atoms with van der Waals surface area (Å²) in [5, 5.41) is 10.1. The summed E-state index contributed by atoms with van der Waals surface area (Å²) in [5.41, 5.74) is 4.15. The minimum atomic E-state index is -4.59.